The molecule has 15 heavy (non-hydrogen) atoms. The monoisotopic (exact) mass is 206 g/mol. The maximum atomic E-state index is 5.99. The standard InChI is InChI=1S/C12H18N2O/c1-10-3-4-11(13)12(9-10)14-5-2-7-15-8-6-14/h3-4,9H,2,5-8,13H2,1H3. The smallest absolute Gasteiger partial charge is 0.0641 e. The SMILES string of the molecule is Cc1ccc(N)c(N2CCCOCC2)c1. The maximum absolute atomic E-state index is 5.99. The highest BCUT2D eigenvalue weighted by molar-refractivity contribution is 5.68. The van der Waals surface area contributed by atoms with Gasteiger partial charge in [-0.25, -0.2) is 0 Å². The summed E-state index contributed by atoms with van der Waals surface area (Å²) in [5.41, 5.74) is 9.26. The molecule has 0 amide bonds. The lowest BCUT2D eigenvalue weighted by atomic mass is 10.1. The summed E-state index contributed by atoms with van der Waals surface area (Å²) >= 11 is 0. The van der Waals surface area contributed by atoms with Gasteiger partial charge in [0.15, 0.2) is 0 Å². The highest BCUT2D eigenvalue weighted by Crippen LogP contribution is 2.25. The zero-order valence-electron chi connectivity index (χ0n) is 9.20. The van der Waals surface area contributed by atoms with Crippen molar-refractivity contribution in [2.75, 3.05) is 36.9 Å². The average molecular weight is 206 g/mol. The van der Waals surface area contributed by atoms with E-state index in [2.05, 4.69) is 17.9 Å². The van der Waals surface area contributed by atoms with Crippen LogP contribution in [0, 0.1) is 6.92 Å². The fourth-order valence-electron chi connectivity index (χ4n) is 1.91. The number of ether oxygens (including phenoxy) is 1. The van der Waals surface area contributed by atoms with Gasteiger partial charge in [-0.1, -0.05) is 6.07 Å². The highest BCUT2D eigenvalue weighted by atomic mass is 16.5. The van der Waals surface area contributed by atoms with Gasteiger partial charge in [-0.05, 0) is 31.0 Å². The lowest BCUT2D eigenvalue weighted by molar-refractivity contribution is 0.152. The van der Waals surface area contributed by atoms with Crippen molar-refractivity contribution in [2.24, 2.45) is 0 Å². The zero-order valence-corrected chi connectivity index (χ0v) is 9.20. The van der Waals surface area contributed by atoms with E-state index in [0.29, 0.717) is 0 Å². The Morgan fingerprint density at radius 2 is 2.13 bits per heavy atom. The van der Waals surface area contributed by atoms with Gasteiger partial charge in [0, 0.05) is 19.7 Å². The molecule has 0 saturated carbocycles. The molecule has 1 aliphatic rings. The topological polar surface area (TPSA) is 38.5 Å². The molecule has 3 heteroatoms. The van der Waals surface area contributed by atoms with E-state index in [-0.39, 0.29) is 0 Å². The van der Waals surface area contributed by atoms with Crippen LogP contribution in [0.25, 0.3) is 0 Å². The Labute approximate surface area is 90.8 Å². The first-order valence-electron chi connectivity index (χ1n) is 5.46. The van der Waals surface area contributed by atoms with Crippen LogP contribution in [-0.2, 0) is 4.74 Å². The lowest BCUT2D eigenvalue weighted by Gasteiger charge is -2.23. The molecular weight excluding hydrogens is 188 g/mol. The average Bonchev–Trinajstić information content (AvgIpc) is 2.50. The molecule has 1 aliphatic heterocycles. The number of rotatable bonds is 1. The van der Waals surface area contributed by atoms with Crippen LogP contribution in [0.4, 0.5) is 11.4 Å². The van der Waals surface area contributed by atoms with Gasteiger partial charge in [-0.2, -0.15) is 0 Å². The van der Waals surface area contributed by atoms with Gasteiger partial charge in [0.1, 0.15) is 0 Å². The largest absolute Gasteiger partial charge is 0.397 e. The molecule has 1 fully saturated rings. The fourth-order valence-corrected chi connectivity index (χ4v) is 1.91. The lowest BCUT2D eigenvalue weighted by Crippen LogP contribution is -2.26. The molecule has 2 N–H and O–H groups in total. The molecule has 82 valence electrons. The van der Waals surface area contributed by atoms with Crippen molar-refractivity contribution in [1.29, 1.82) is 0 Å². The van der Waals surface area contributed by atoms with Gasteiger partial charge >= 0.3 is 0 Å². The number of aryl methyl sites for hydroxylation is 1. The summed E-state index contributed by atoms with van der Waals surface area (Å²) in [7, 11) is 0. The Balaban J connectivity index is 2.22. The van der Waals surface area contributed by atoms with E-state index in [9.17, 15) is 0 Å². The van der Waals surface area contributed by atoms with Crippen LogP contribution >= 0.6 is 0 Å². The minimum Gasteiger partial charge on any atom is -0.397 e. The molecule has 0 aliphatic carbocycles. The number of nitrogens with zero attached hydrogens (tertiary/aromatic N) is 1. The molecule has 1 heterocycles. The summed E-state index contributed by atoms with van der Waals surface area (Å²) in [6.07, 6.45) is 1.08. The summed E-state index contributed by atoms with van der Waals surface area (Å²) in [5.74, 6) is 0. The molecule has 1 aromatic carbocycles. The van der Waals surface area contributed by atoms with Gasteiger partial charge in [-0.15, -0.1) is 0 Å². The summed E-state index contributed by atoms with van der Waals surface area (Å²) in [6, 6.07) is 6.18. The molecule has 0 unspecified atom stereocenters. The van der Waals surface area contributed by atoms with Crippen molar-refractivity contribution in [3.05, 3.63) is 23.8 Å². The predicted octanol–water partition coefficient (Wildman–Crippen LogP) is 1.80. The molecule has 2 rings (SSSR count). The maximum Gasteiger partial charge on any atom is 0.0641 e. The Hall–Kier alpha value is -1.22. The van der Waals surface area contributed by atoms with E-state index >= 15 is 0 Å². The number of hydrogen-bond acceptors (Lipinski definition) is 3. The second-order valence-electron chi connectivity index (χ2n) is 4.02. The van der Waals surface area contributed by atoms with Crippen molar-refractivity contribution >= 4 is 11.4 Å². The van der Waals surface area contributed by atoms with Gasteiger partial charge in [0.05, 0.1) is 18.0 Å². The van der Waals surface area contributed by atoms with E-state index in [0.717, 1.165) is 44.1 Å². The molecule has 1 saturated heterocycles. The third kappa shape index (κ3) is 2.42. The number of nitrogen functional groups attached to an aromatic ring is 1. The van der Waals surface area contributed by atoms with E-state index in [1.54, 1.807) is 0 Å². The number of nitrogens with two attached hydrogens (primary N) is 1. The van der Waals surface area contributed by atoms with Gasteiger partial charge in [0.25, 0.3) is 0 Å². The molecule has 0 spiro atoms. The number of hydrogen-bond donors (Lipinski definition) is 1. The quantitative estimate of drug-likeness (QED) is 0.712. The summed E-state index contributed by atoms with van der Waals surface area (Å²) in [4.78, 5) is 2.31. The van der Waals surface area contributed by atoms with Crippen LogP contribution in [0.15, 0.2) is 18.2 Å². The van der Waals surface area contributed by atoms with Crippen LogP contribution in [0.1, 0.15) is 12.0 Å². The van der Waals surface area contributed by atoms with Gasteiger partial charge in [0.2, 0.25) is 0 Å². The first-order valence-corrected chi connectivity index (χ1v) is 5.46. The minimum absolute atomic E-state index is 0.799. The third-order valence-corrected chi connectivity index (χ3v) is 2.75. The molecule has 3 nitrogen and oxygen atoms in total. The Bertz CT molecular complexity index is 330. The van der Waals surface area contributed by atoms with Crippen molar-refractivity contribution < 1.29 is 4.74 Å². The van der Waals surface area contributed by atoms with E-state index in [1.165, 1.54) is 5.56 Å². The molecule has 0 aromatic heterocycles. The number of benzene rings is 1. The molecule has 0 radical (unpaired) electrons. The Kier molecular flexibility index (Phi) is 3.11. The first kappa shape index (κ1) is 10.3. The first-order chi connectivity index (χ1) is 7.27. The Morgan fingerprint density at radius 3 is 3.00 bits per heavy atom. The molecule has 1 aromatic rings. The van der Waals surface area contributed by atoms with Crippen LogP contribution < -0.4 is 10.6 Å². The van der Waals surface area contributed by atoms with Crippen molar-refractivity contribution in [3.63, 3.8) is 0 Å². The minimum atomic E-state index is 0.799. The Morgan fingerprint density at radius 1 is 1.27 bits per heavy atom. The zero-order chi connectivity index (χ0) is 10.7. The summed E-state index contributed by atoms with van der Waals surface area (Å²) in [5, 5.41) is 0. The second kappa shape index (κ2) is 4.53. The molecular formula is C12H18N2O. The van der Waals surface area contributed by atoms with E-state index < -0.39 is 0 Å². The predicted molar refractivity (Wildman–Crippen MR) is 63.2 cm³/mol. The van der Waals surface area contributed by atoms with Gasteiger partial charge in [-0.3, -0.25) is 0 Å². The third-order valence-electron chi connectivity index (χ3n) is 2.75. The number of anilines is 2. The van der Waals surface area contributed by atoms with Crippen LogP contribution in [-0.4, -0.2) is 26.3 Å². The fraction of sp³-hybridized carbons (Fsp3) is 0.500. The molecule has 0 atom stereocenters. The van der Waals surface area contributed by atoms with E-state index in [4.69, 9.17) is 10.5 Å². The van der Waals surface area contributed by atoms with Crippen LogP contribution in [0.5, 0.6) is 0 Å². The van der Waals surface area contributed by atoms with Crippen molar-refractivity contribution in [2.45, 2.75) is 13.3 Å². The van der Waals surface area contributed by atoms with Crippen LogP contribution in [0.2, 0.25) is 0 Å². The van der Waals surface area contributed by atoms with Crippen molar-refractivity contribution in [1.82, 2.24) is 0 Å². The van der Waals surface area contributed by atoms with Gasteiger partial charge < -0.3 is 15.4 Å². The van der Waals surface area contributed by atoms with E-state index in [1.807, 2.05) is 12.1 Å². The van der Waals surface area contributed by atoms with Crippen molar-refractivity contribution in [3.8, 4) is 0 Å². The van der Waals surface area contributed by atoms with Crippen LogP contribution in [0.3, 0.4) is 0 Å². The summed E-state index contributed by atoms with van der Waals surface area (Å²) in [6.45, 7) is 5.73. The molecule has 0 bridgehead atoms. The highest BCUT2D eigenvalue weighted by Gasteiger charge is 2.12. The normalized spacial score (nSPS) is 17.5. The second-order valence-corrected chi connectivity index (χ2v) is 4.02. The summed E-state index contributed by atoms with van der Waals surface area (Å²) < 4.78 is 5.43.